The quantitative estimate of drug-likeness (QED) is 0.944. The van der Waals surface area contributed by atoms with Crippen LogP contribution in [-0.2, 0) is 12.1 Å². The van der Waals surface area contributed by atoms with E-state index in [0.29, 0.717) is 19.5 Å². The largest absolute Gasteiger partial charge is 0.392 e. The lowest BCUT2D eigenvalue weighted by Gasteiger charge is -2.23. The number of aromatic nitrogens is 3. The lowest BCUT2D eigenvalue weighted by atomic mass is 10.0. The Morgan fingerprint density at radius 2 is 2.13 bits per heavy atom. The molecule has 23 heavy (non-hydrogen) atoms. The van der Waals surface area contributed by atoms with Crippen LogP contribution in [0.2, 0.25) is 0 Å². The molecule has 0 bridgehead atoms. The van der Waals surface area contributed by atoms with E-state index in [-0.39, 0.29) is 17.4 Å². The summed E-state index contributed by atoms with van der Waals surface area (Å²) in [5.41, 5.74) is 1.64. The monoisotopic (exact) mass is 318 g/mol. The van der Waals surface area contributed by atoms with Crippen molar-refractivity contribution in [1.82, 2.24) is 19.9 Å². The van der Waals surface area contributed by atoms with Gasteiger partial charge in [0.15, 0.2) is 0 Å². The van der Waals surface area contributed by atoms with Crippen molar-refractivity contribution in [2.75, 3.05) is 6.54 Å². The van der Waals surface area contributed by atoms with Crippen LogP contribution in [0.1, 0.15) is 44.5 Å². The van der Waals surface area contributed by atoms with Gasteiger partial charge in [-0.1, -0.05) is 17.3 Å². The fourth-order valence-corrected chi connectivity index (χ4v) is 3.02. The summed E-state index contributed by atoms with van der Waals surface area (Å²) in [6, 6.07) is 6.60. The van der Waals surface area contributed by atoms with Gasteiger partial charge in [0.05, 0.1) is 23.5 Å². The first-order valence-electron chi connectivity index (χ1n) is 7.92. The van der Waals surface area contributed by atoms with Crippen LogP contribution in [-0.4, -0.2) is 37.6 Å². The zero-order chi connectivity index (χ0) is 16.6. The van der Waals surface area contributed by atoms with Gasteiger partial charge in [-0.25, -0.2) is 9.07 Å². The number of nitrogens with zero attached hydrogens (tertiary/aromatic N) is 4. The minimum Gasteiger partial charge on any atom is -0.392 e. The number of rotatable bonds is 3. The molecule has 1 aliphatic heterocycles. The topological polar surface area (TPSA) is 54.2 Å². The zero-order valence-corrected chi connectivity index (χ0v) is 13.8. The molecule has 0 amide bonds. The molecule has 0 aliphatic carbocycles. The Labute approximate surface area is 135 Å². The maximum Gasteiger partial charge on any atom is 0.123 e. The molecular weight excluding hydrogens is 295 g/mol. The lowest BCUT2D eigenvalue weighted by molar-refractivity contribution is 0.172. The molecule has 1 N–H and O–H groups in total. The number of halogens is 1. The van der Waals surface area contributed by atoms with Crippen LogP contribution >= 0.6 is 0 Å². The number of hydrogen-bond donors (Lipinski definition) is 1. The zero-order valence-electron chi connectivity index (χ0n) is 13.8. The minimum absolute atomic E-state index is 0.000451. The molecule has 2 unspecified atom stereocenters. The highest BCUT2D eigenvalue weighted by molar-refractivity contribution is 5.22. The number of likely N-dealkylation sites (tertiary alicyclic amines) is 1. The van der Waals surface area contributed by atoms with E-state index in [4.69, 9.17) is 0 Å². The van der Waals surface area contributed by atoms with Gasteiger partial charge in [-0.3, -0.25) is 4.90 Å². The minimum atomic E-state index is -0.402. The highest BCUT2D eigenvalue weighted by Gasteiger charge is 2.32. The number of aliphatic hydroxyl groups excluding tert-OH is 1. The second-order valence-corrected chi connectivity index (χ2v) is 7.22. The van der Waals surface area contributed by atoms with E-state index in [2.05, 4.69) is 36.0 Å². The molecule has 2 heterocycles. The Morgan fingerprint density at radius 1 is 1.35 bits per heavy atom. The molecule has 1 fully saturated rings. The summed E-state index contributed by atoms with van der Waals surface area (Å²) in [7, 11) is 0. The van der Waals surface area contributed by atoms with Crippen LogP contribution < -0.4 is 0 Å². The summed E-state index contributed by atoms with van der Waals surface area (Å²) in [5.74, 6) is -0.248. The van der Waals surface area contributed by atoms with Crippen molar-refractivity contribution in [2.45, 2.75) is 51.4 Å². The van der Waals surface area contributed by atoms with Crippen molar-refractivity contribution >= 4 is 0 Å². The van der Waals surface area contributed by atoms with Gasteiger partial charge in [0.1, 0.15) is 5.82 Å². The predicted octanol–water partition coefficient (Wildman–Crippen LogP) is 2.48. The molecule has 124 valence electrons. The third kappa shape index (κ3) is 3.59. The maximum absolute atomic E-state index is 13.5. The van der Waals surface area contributed by atoms with Crippen molar-refractivity contribution in [3.05, 3.63) is 47.5 Å². The summed E-state index contributed by atoms with van der Waals surface area (Å²) in [6.07, 6.45) is 2.14. The first-order chi connectivity index (χ1) is 10.8. The number of β-amino-alcohol motifs (C(OH)–C–C–N with tert-alkyl or cyclic N) is 1. The molecule has 1 aromatic carbocycles. The predicted molar refractivity (Wildman–Crippen MR) is 85.2 cm³/mol. The summed E-state index contributed by atoms with van der Waals surface area (Å²) in [4.78, 5) is 2.14. The molecule has 2 atom stereocenters. The molecule has 0 spiro atoms. The van der Waals surface area contributed by atoms with Gasteiger partial charge in [-0.15, -0.1) is 5.10 Å². The number of benzene rings is 1. The van der Waals surface area contributed by atoms with Gasteiger partial charge in [-0.2, -0.15) is 0 Å². The van der Waals surface area contributed by atoms with Crippen molar-refractivity contribution < 1.29 is 9.50 Å². The number of aliphatic hydroxyl groups is 1. The van der Waals surface area contributed by atoms with E-state index in [1.807, 2.05) is 16.9 Å². The molecule has 3 rings (SSSR count). The van der Waals surface area contributed by atoms with Gasteiger partial charge in [0, 0.05) is 19.1 Å². The van der Waals surface area contributed by atoms with Crippen LogP contribution in [0, 0.1) is 5.82 Å². The summed E-state index contributed by atoms with van der Waals surface area (Å²) in [6.45, 7) is 7.36. The molecule has 1 aromatic heterocycles. The van der Waals surface area contributed by atoms with Gasteiger partial charge < -0.3 is 5.11 Å². The summed E-state index contributed by atoms with van der Waals surface area (Å²) >= 11 is 0. The second kappa shape index (κ2) is 6.02. The highest BCUT2D eigenvalue weighted by atomic mass is 19.1. The Balaban J connectivity index is 1.79. The van der Waals surface area contributed by atoms with Crippen molar-refractivity contribution in [3.63, 3.8) is 0 Å². The van der Waals surface area contributed by atoms with E-state index < -0.39 is 6.10 Å². The maximum atomic E-state index is 13.5. The first-order valence-corrected chi connectivity index (χ1v) is 7.92. The van der Waals surface area contributed by atoms with Gasteiger partial charge in [0.2, 0.25) is 0 Å². The third-order valence-electron chi connectivity index (χ3n) is 4.21. The van der Waals surface area contributed by atoms with E-state index in [9.17, 15) is 9.50 Å². The first kappa shape index (κ1) is 16.1. The molecular formula is C17H23FN4O. The molecule has 6 heteroatoms. The molecule has 0 saturated carbocycles. The van der Waals surface area contributed by atoms with Crippen LogP contribution in [0.15, 0.2) is 30.5 Å². The van der Waals surface area contributed by atoms with Crippen LogP contribution in [0.4, 0.5) is 4.39 Å². The van der Waals surface area contributed by atoms with Gasteiger partial charge in [-0.05, 0) is 44.9 Å². The van der Waals surface area contributed by atoms with Crippen LogP contribution in [0.25, 0.3) is 0 Å². The highest BCUT2D eigenvalue weighted by Crippen LogP contribution is 2.33. The van der Waals surface area contributed by atoms with Gasteiger partial charge >= 0.3 is 0 Å². The van der Waals surface area contributed by atoms with Crippen molar-refractivity contribution in [1.29, 1.82) is 0 Å². The molecule has 2 aromatic rings. The smallest absolute Gasteiger partial charge is 0.123 e. The van der Waals surface area contributed by atoms with E-state index >= 15 is 0 Å². The van der Waals surface area contributed by atoms with Crippen molar-refractivity contribution in [3.8, 4) is 0 Å². The Hall–Kier alpha value is -1.79. The van der Waals surface area contributed by atoms with Gasteiger partial charge in [0.25, 0.3) is 0 Å². The Kier molecular flexibility index (Phi) is 4.21. The average Bonchev–Trinajstić information content (AvgIpc) is 3.06. The Morgan fingerprint density at radius 3 is 2.78 bits per heavy atom. The van der Waals surface area contributed by atoms with Crippen molar-refractivity contribution in [2.24, 2.45) is 0 Å². The fourth-order valence-electron chi connectivity index (χ4n) is 3.02. The average molecular weight is 318 g/mol. The van der Waals surface area contributed by atoms with E-state index in [1.54, 1.807) is 12.1 Å². The second-order valence-electron chi connectivity index (χ2n) is 7.22. The van der Waals surface area contributed by atoms with Crippen LogP contribution in [0.5, 0.6) is 0 Å². The molecule has 1 saturated heterocycles. The molecule has 0 radical (unpaired) electrons. The normalized spacial score (nSPS) is 22.7. The SMILES string of the molecule is CC(C)(C)n1cc(CN2CC(O)CC2c2cccc(F)c2)nn1. The molecule has 5 nitrogen and oxygen atoms in total. The summed E-state index contributed by atoms with van der Waals surface area (Å²) in [5, 5.41) is 18.4. The standard InChI is InChI=1S/C17H23FN4O/c1-17(2,3)22-10-14(19-20-22)9-21-11-15(23)8-16(21)12-5-4-6-13(18)7-12/h4-7,10,15-16,23H,8-9,11H2,1-3H3. The number of hydrogen-bond acceptors (Lipinski definition) is 4. The summed E-state index contributed by atoms with van der Waals surface area (Å²) < 4.78 is 15.3. The fraction of sp³-hybridized carbons (Fsp3) is 0.529. The van der Waals surface area contributed by atoms with E-state index in [1.165, 1.54) is 6.07 Å². The molecule has 1 aliphatic rings. The third-order valence-corrected chi connectivity index (χ3v) is 4.21. The Bertz CT molecular complexity index is 679. The van der Waals surface area contributed by atoms with E-state index in [0.717, 1.165) is 11.3 Å². The lowest BCUT2D eigenvalue weighted by Crippen LogP contribution is -2.25. The van der Waals surface area contributed by atoms with Crippen LogP contribution in [0.3, 0.4) is 0 Å².